The zero-order chi connectivity index (χ0) is 11.7. The maximum Gasteiger partial charge on any atom is 0.0952 e. The number of halogens is 1. The standard InChI is InChI=1S/C12H14BrN3S/c13-9-4-10(17-7-9)6-16-8-14-5-12(16)11-2-1-3-15-11/h4-5,7-8,11,15H,1-3,6H2. The molecule has 1 N–H and O–H groups in total. The first-order chi connectivity index (χ1) is 8.33. The zero-order valence-corrected chi connectivity index (χ0v) is 11.8. The Hall–Kier alpha value is -0.650. The Labute approximate surface area is 113 Å². The number of rotatable bonds is 3. The molecule has 90 valence electrons. The van der Waals surface area contributed by atoms with Crippen LogP contribution in [0.25, 0.3) is 0 Å². The lowest BCUT2D eigenvalue weighted by Gasteiger charge is -2.13. The highest BCUT2D eigenvalue weighted by Crippen LogP contribution is 2.25. The molecular formula is C12H14BrN3S. The number of imidazole rings is 1. The minimum Gasteiger partial charge on any atom is -0.328 e. The number of nitrogens with one attached hydrogen (secondary N) is 1. The van der Waals surface area contributed by atoms with Crippen molar-refractivity contribution in [3.05, 3.63) is 39.0 Å². The van der Waals surface area contributed by atoms with Gasteiger partial charge in [-0.1, -0.05) is 0 Å². The van der Waals surface area contributed by atoms with E-state index in [1.165, 1.54) is 23.4 Å². The minimum absolute atomic E-state index is 0.487. The topological polar surface area (TPSA) is 29.9 Å². The summed E-state index contributed by atoms with van der Waals surface area (Å²) in [6, 6.07) is 2.66. The molecule has 1 aliphatic rings. The van der Waals surface area contributed by atoms with Crippen LogP contribution in [0.15, 0.2) is 28.4 Å². The van der Waals surface area contributed by atoms with Crippen LogP contribution < -0.4 is 5.32 Å². The molecule has 3 heterocycles. The van der Waals surface area contributed by atoms with Gasteiger partial charge in [0.25, 0.3) is 0 Å². The summed E-state index contributed by atoms with van der Waals surface area (Å²) in [5.41, 5.74) is 1.31. The van der Waals surface area contributed by atoms with E-state index in [1.807, 2.05) is 12.5 Å². The van der Waals surface area contributed by atoms with Crippen LogP contribution in [0.4, 0.5) is 0 Å². The molecule has 1 unspecified atom stereocenters. The summed E-state index contributed by atoms with van der Waals surface area (Å²) in [7, 11) is 0. The van der Waals surface area contributed by atoms with Crippen molar-refractivity contribution < 1.29 is 0 Å². The first-order valence-corrected chi connectivity index (χ1v) is 7.46. The molecule has 0 saturated carbocycles. The minimum atomic E-state index is 0.487. The third-order valence-corrected chi connectivity index (χ3v) is 4.79. The second-order valence-electron chi connectivity index (χ2n) is 4.33. The van der Waals surface area contributed by atoms with Crippen LogP contribution in [-0.4, -0.2) is 16.1 Å². The number of hydrogen-bond acceptors (Lipinski definition) is 3. The van der Waals surface area contributed by atoms with E-state index in [2.05, 4.69) is 42.2 Å². The Bertz CT molecular complexity index is 499. The molecule has 1 saturated heterocycles. The summed E-state index contributed by atoms with van der Waals surface area (Å²) >= 11 is 5.28. The molecule has 3 rings (SSSR count). The van der Waals surface area contributed by atoms with Gasteiger partial charge in [0.1, 0.15) is 0 Å². The SMILES string of the molecule is Brc1csc(Cn2cncc2C2CCCN2)c1. The quantitative estimate of drug-likeness (QED) is 0.943. The van der Waals surface area contributed by atoms with Gasteiger partial charge in [-0.05, 0) is 41.4 Å². The van der Waals surface area contributed by atoms with Crippen molar-refractivity contribution in [2.45, 2.75) is 25.4 Å². The molecule has 0 amide bonds. The lowest BCUT2D eigenvalue weighted by atomic mass is 10.2. The maximum atomic E-state index is 4.29. The van der Waals surface area contributed by atoms with E-state index in [0.29, 0.717) is 6.04 Å². The molecule has 1 aliphatic heterocycles. The third kappa shape index (κ3) is 2.46. The van der Waals surface area contributed by atoms with Gasteiger partial charge >= 0.3 is 0 Å². The zero-order valence-electron chi connectivity index (χ0n) is 9.40. The van der Waals surface area contributed by atoms with Crippen molar-refractivity contribution in [2.75, 3.05) is 6.54 Å². The monoisotopic (exact) mass is 311 g/mol. The van der Waals surface area contributed by atoms with Crippen molar-refractivity contribution in [1.29, 1.82) is 0 Å². The van der Waals surface area contributed by atoms with Crippen LogP contribution in [0.5, 0.6) is 0 Å². The van der Waals surface area contributed by atoms with Crippen molar-refractivity contribution in [1.82, 2.24) is 14.9 Å². The molecule has 0 aromatic carbocycles. The Morgan fingerprint density at radius 3 is 3.24 bits per heavy atom. The van der Waals surface area contributed by atoms with Gasteiger partial charge in [0.2, 0.25) is 0 Å². The number of aromatic nitrogens is 2. The third-order valence-electron chi connectivity index (χ3n) is 3.11. The predicted octanol–water partition coefficient (Wildman–Crippen LogP) is 3.18. The highest BCUT2D eigenvalue weighted by atomic mass is 79.9. The van der Waals surface area contributed by atoms with E-state index in [0.717, 1.165) is 17.6 Å². The molecular weight excluding hydrogens is 298 g/mol. The molecule has 2 aromatic rings. The smallest absolute Gasteiger partial charge is 0.0952 e. The summed E-state index contributed by atoms with van der Waals surface area (Å²) in [5, 5.41) is 5.65. The van der Waals surface area contributed by atoms with Crippen LogP contribution in [0.1, 0.15) is 29.5 Å². The van der Waals surface area contributed by atoms with Gasteiger partial charge < -0.3 is 9.88 Å². The van der Waals surface area contributed by atoms with Crippen molar-refractivity contribution >= 4 is 27.3 Å². The second-order valence-corrected chi connectivity index (χ2v) is 6.24. The lowest BCUT2D eigenvalue weighted by Crippen LogP contribution is -2.16. The second kappa shape index (κ2) is 4.92. The van der Waals surface area contributed by atoms with Gasteiger partial charge in [-0.15, -0.1) is 11.3 Å². The molecule has 17 heavy (non-hydrogen) atoms. The van der Waals surface area contributed by atoms with Crippen LogP contribution in [0, 0.1) is 0 Å². The molecule has 0 radical (unpaired) electrons. The summed E-state index contributed by atoms with van der Waals surface area (Å²) in [6.45, 7) is 2.05. The van der Waals surface area contributed by atoms with Crippen molar-refractivity contribution in [2.24, 2.45) is 0 Å². The summed E-state index contributed by atoms with van der Waals surface area (Å²) < 4.78 is 3.42. The highest BCUT2D eigenvalue weighted by molar-refractivity contribution is 9.10. The van der Waals surface area contributed by atoms with E-state index in [4.69, 9.17) is 0 Å². The van der Waals surface area contributed by atoms with E-state index in [9.17, 15) is 0 Å². The Morgan fingerprint density at radius 2 is 2.53 bits per heavy atom. The summed E-state index contributed by atoms with van der Waals surface area (Å²) in [4.78, 5) is 5.64. The van der Waals surface area contributed by atoms with Crippen molar-refractivity contribution in [3.8, 4) is 0 Å². The number of nitrogens with zero attached hydrogens (tertiary/aromatic N) is 2. The fourth-order valence-electron chi connectivity index (χ4n) is 2.29. The Balaban J connectivity index is 1.81. The fraction of sp³-hybridized carbons (Fsp3) is 0.417. The lowest BCUT2D eigenvalue weighted by molar-refractivity contribution is 0.586. The van der Waals surface area contributed by atoms with Crippen LogP contribution in [-0.2, 0) is 6.54 Å². The predicted molar refractivity (Wildman–Crippen MR) is 73.3 cm³/mol. The van der Waals surface area contributed by atoms with Crippen LogP contribution in [0.3, 0.4) is 0 Å². The summed E-state index contributed by atoms with van der Waals surface area (Å²) in [6.07, 6.45) is 6.41. The Kier molecular flexibility index (Phi) is 3.31. The first kappa shape index (κ1) is 11.4. The molecule has 0 spiro atoms. The largest absolute Gasteiger partial charge is 0.328 e. The summed E-state index contributed by atoms with van der Waals surface area (Å²) in [5.74, 6) is 0. The van der Waals surface area contributed by atoms with E-state index in [1.54, 1.807) is 11.3 Å². The fourth-order valence-corrected chi connectivity index (χ4v) is 3.74. The first-order valence-electron chi connectivity index (χ1n) is 5.79. The van der Waals surface area contributed by atoms with Gasteiger partial charge in [0, 0.05) is 27.0 Å². The molecule has 1 fully saturated rings. The van der Waals surface area contributed by atoms with Crippen LogP contribution >= 0.6 is 27.3 Å². The Morgan fingerprint density at radius 1 is 1.59 bits per heavy atom. The molecule has 5 heteroatoms. The van der Waals surface area contributed by atoms with E-state index >= 15 is 0 Å². The maximum absolute atomic E-state index is 4.29. The van der Waals surface area contributed by atoms with Gasteiger partial charge in [-0.3, -0.25) is 0 Å². The van der Waals surface area contributed by atoms with Crippen molar-refractivity contribution in [3.63, 3.8) is 0 Å². The van der Waals surface area contributed by atoms with Gasteiger partial charge in [-0.2, -0.15) is 0 Å². The van der Waals surface area contributed by atoms with E-state index < -0.39 is 0 Å². The molecule has 2 aromatic heterocycles. The average molecular weight is 312 g/mol. The molecule has 0 aliphatic carbocycles. The van der Waals surface area contributed by atoms with E-state index in [-0.39, 0.29) is 0 Å². The van der Waals surface area contributed by atoms with Gasteiger partial charge in [-0.25, -0.2) is 4.98 Å². The average Bonchev–Trinajstić information content (AvgIpc) is 3.00. The highest BCUT2D eigenvalue weighted by Gasteiger charge is 2.19. The van der Waals surface area contributed by atoms with Gasteiger partial charge in [0.15, 0.2) is 0 Å². The van der Waals surface area contributed by atoms with Gasteiger partial charge in [0.05, 0.1) is 18.6 Å². The molecule has 3 nitrogen and oxygen atoms in total. The molecule has 0 bridgehead atoms. The van der Waals surface area contributed by atoms with Crippen LogP contribution in [0.2, 0.25) is 0 Å². The number of thiophene rings is 1. The normalized spacial score (nSPS) is 19.9. The number of hydrogen-bond donors (Lipinski definition) is 1. The molecule has 1 atom stereocenters.